The van der Waals surface area contributed by atoms with E-state index in [0.717, 1.165) is 36.0 Å². The first-order chi connectivity index (χ1) is 12.9. The van der Waals surface area contributed by atoms with Crippen LogP contribution in [0.1, 0.15) is 42.5 Å². The van der Waals surface area contributed by atoms with Crippen molar-refractivity contribution in [3.05, 3.63) is 86.6 Å². The standard InChI is InChI=1S/C10H11ClN2.C9H9NO2.C2H6/c1-3-13-10(12)9-6-8(11)5-4-7(9)2;11-10(12)9-5-4-7-2-1-3-8(7)6-9;1-2/h3-6H,1H2,2H3,(H2,12,13);4-6H,1-3H2;1-2H3. The number of hydrogen-bond donors (Lipinski definition) is 1. The summed E-state index contributed by atoms with van der Waals surface area (Å²) in [7, 11) is 0. The van der Waals surface area contributed by atoms with E-state index in [1.807, 2.05) is 39.0 Å². The average Bonchev–Trinajstić information content (AvgIpc) is 3.14. The van der Waals surface area contributed by atoms with Gasteiger partial charge >= 0.3 is 0 Å². The van der Waals surface area contributed by atoms with Crippen LogP contribution in [0.15, 0.2) is 54.2 Å². The molecule has 2 aromatic rings. The third-order valence-electron chi connectivity index (χ3n) is 4.00. The normalized spacial score (nSPS) is 12.1. The van der Waals surface area contributed by atoms with Crippen molar-refractivity contribution in [2.45, 2.75) is 40.0 Å². The molecule has 0 aliphatic heterocycles. The number of aliphatic imine (C=N–C) groups is 1. The predicted octanol–water partition coefficient (Wildman–Crippen LogP) is 5.61. The van der Waals surface area contributed by atoms with Crippen LogP contribution in [0.25, 0.3) is 0 Å². The van der Waals surface area contributed by atoms with Crippen LogP contribution in [-0.4, -0.2) is 10.8 Å². The van der Waals surface area contributed by atoms with Gasteiger partial charge in [0.1, 0.15) is 5.84 Å². The van der Waals surface area contributed by atoms with Crippen LogP contribution in [0.5, 0.6) is 0 Å². The predicted molar refractivity (Wildman–Crippen MR) is 114 cm³/mol. The molecule has 0 spiro atoms. The SMILES string of the molecule is C=CN=C(N)c1cc(Cl)ccc1C.CC.O=[N+]([O-])c1ccc2c(c1)CCC2. The van der Waals surface area contributed by atoms with Gasteiger partial charge in [-0.15, -0.1) is 0 Å². The highest BCUT2D eigenvalue weighted by atomic mass is 35.5. The fraction of sp³-hybridized carbons (Fsp3) is 0.286. The van der Waals surface area contributed by atoms with E-state index in [-0.39, 0.29) is 10.6 Å². The Morgan fingerprint density at radius 2 is 1.89 bits per heavy atom. The number of rotatable bonds is 3. The number of non-ortho nitro benzene ring substituents is 1. The summed E-state index contributed by atoms with van der Waals surface area (Å²) < 4.78 is 0. The van der Waals surface area contributed by atoms with Gasteiger partial charge in [-0.05, 0) is 55.0 Å². The van der Waals surface area contributed by atoms with Gasteiger partial charge in [-0.3, -0.25) is 10.1 Å². The van der Waals surface area contributed by atoms with Gasteiger partial charge in [-0.1, -0.05) is 44.2 Å². The van der Waals surface area contributed by atoms with Crippen LogP contribution in [0, 0.1) is 17.0 Å². The van der Waals surface area contributed by atoms with E-state index in [0.29, 0.717) is 10.9 Å². The zero-order valence-corrected chi connectivity index (χ0v) is 16.8. The molecule has 0 heterocycles. The minimum atomic E-state index is -0.335. The Bertz CT molecular complexity index is 832. The number of benzene rings is 2. The molecule has 0 fully saturated rings. The average molecular weight is 388 g/mol. The fourth-order valence-corrected chi connectivity index (χ4v) is 2.88. The quantitative estimate of drug-likeness (QED) is 0.321. The molecule has 0 saturated heterocycles. The van der Waals surface area contributed by atoms with E-state index in [1.165, 1.54) is 11.8 Å². The lowest BCUT2D eigenvalue weighted by Crippen LogP contribution is -2.14. The molecule has 2 aromatic carbocycles. The molecule has 3 rings (SSSR count). The van der Waals surface area contributed by atoms with E-state index >= 15 is 0 Å². The van der Waals surface area contributed by atoms with E-state index in [2.05, 4.69) is 11.6 Å². The van der Waals surface area contributed by atoms with E-state index in [9.17, 15) is 10.1 Å². The first-order valence-electron chi connectivity index (χ1n) is 8.89. The number of nitrogens with zero attached hydrogens (tertiary/aromatic N) is 2. The first-order valence-corrected chi connectivity index (χ1v) is 9.27. The number of fused-ring (bicyclic) bond motifs is 1. The minimum absolute atomic E-state index is 0.218. The number of aryl methyl sites for hydroxylation is 3. The van der Waals surface area contributed by atoms with Crippen molar-refractivity contribution in [3.8, 4) is 0 Å². The Morgan fingerprint density at radius 1 is 1.22 bits per heavy atom. The molecule has 1 aliphatic carbocycles. The molecule has 5 nitrogen and oxygen atoms in total. The molecule has 0 radical (unpaired) electrons. The highest BCUT2D eigenvalue weighted by molar-refractivity contribution is 6.31. The maximum atomic E-state index is 10.4. The fourth-order valence-electron chi connectivity index (χ4n) is 2.71. The number of nitro groups is 1. The second-order valence-electron chi connectivity index (χ2n) is 5.72. The molecule has 0 bridgehead atoms. The summed E-state index contributed by atoms with van der Waals surface area (Å²) >= 11 is 5.82. The third-order valence-corrected chi connectivity index (χ3v) is 4.23. The van der Waals surface area contributed by atoms with E-state index < -0.39 is 0 Å². The van der Waals surface area contributed by atoms with Gasteiger partial charge < -0.3 is 5.73 Å². The summed E-state index contributed by atoms with van der Waals surface area (Å²) in [6.45, 7) is 9.43. The first kappa shape index (κ1) is 22.4. The topological polar surface area (TPSA) is 81.5 Å². The van der Waals surface area contributed by atoms with E-state index in [1.54, 1.807) is 18.2 Å². The van der Waals surface area contributed by atoms with Gasteiger partial charge in [-0.2, -0.15) is 0 Å². The lowest BCUT2D eigenvalue weighted by Gasteiger charge is -2.04. The molecule has 2 N–H and O–H groups in total. The summed E-state index contributed by atoms with van der Waals surface area (Å²) in [5, 5.41) is 11.1. The minimum Gasteiger partial charge on any atom is -0.383 e. The van der Waals surface area contributed by atoms with Gasteiger partial charge in [0.2, 0.25) is 0 Å². The molecular weight excluding hydrogens is 362 g/mol. The number of hydrogen-bond acceptors (Lipinski definition) is 3. The summed E-state index contributed by atoms with van der Waals surface area (Å²) in [5.74, 6) is 0.440. The van der Waals surface area contributed by atoms with Crippen LogP contribution in [0.3, 0.4) is 0 Å². The van der Waals surface area contributed by atoms with Crippen LogP contribution >= 0.6 is 11.6 Å². The van der Waals surface area contributed by atoms with Crippen LogP contribution in [0.4, 0.5) is 5.69 Å². The van der Waals surface area contributed by atoms with Crippen LogP contribution in [-0.2, 0) is 12.8 Å². The third kappa shape index (κ3) is 6.53. The smallest absolute Gasteiger partial charge is 0.269 e. The molecule has 144 valence electrons. The van der Waals surface area contributed by atoms with Crippen LogP contribution < -0.4 is 5.73 Å². The molecule has 6 heteroatoms. The van der Waals surface area contributed by atoms with Crippen molar-refractivity contribution in [2.75, 3.05) is 0 Å². The largest absolute Gasteiger partial charge is 0.383 e. The van der Waals surface area contributed by atoms with Gasteiger partial charge in [0.25, 0.3) is 5.69 Å². The molecule has 0 aromatic heterocycles. The van der Waals surface area contributed by atoms with Crippen molar-refractivity contribution in [1.82, 2.24) is 0 Å². The van der Waals surface area contributed by atoms with Crippen molar-refractivity contribution in [2.24, 2.45) is 10.7 Å². The Morgan fingerprint density at radius 3 is 2.52 bits per heavy atom. The Hall–Kier alpha value is -2.66. The number of halogens is 1. The van der Waals surface area contributed by atoms with Crippen molar-refractivity contribution >= 4 is 23.1 Å². The van der Waals surface area contributed by atoms with Crippen LogP contribution in [0.2, 0.25) is 5.02 Å². The van der Waals surface area contributed by atoms with Crippen molar-refractivity contribution in [1.29, 1.82) is 0 Å². The molecule has 0 atom stereocenters. The summed E-state index contributed by atoms with van der Waals surface area (Å²) in [4.78, 5) is 14.0. The molecule has 0 amide bonds. The maximum absolute atomic E-state index is 10.4. The van der Waals surface area contributed by atoms with Gasteiger partial charge in [-0.25, -0.2) is 4.99 Å². The lowest BCUT2D eigenvalue weighted by molar-refractivity contribution is -0.384. The van der Waals surface area contributed by atoms with E-state index in [4.69, 9.17) is 17.3 Å². The summed E-state index contributed by atoms with van der Waals surface area (Å²) in [5.41, 5.74) is 10.3. The number of amidine groups is 1. The van der Waals surface area contributed by atoms with Crippen molar-refractivity contribution in [3.63, 3.8) is 0 Å². The summed E-state index contributed by atoms with van der Waals surface area (Å²) in [6, 6.07) is 10.7. The Labute approximate surface area is 165 Å². The Balaban J connectivity index is 0.000000248. The highest BCUT2D eigenvalue weighted by Gasteiger charge is 2.14. The molecule has 1 aliphatic rings. The van der Waals surface area contributed by atoms with Gasteiger partial charge in [0, 0.05) is 28.9 Å². The van der Waals surface area contributed by atoms with Gasteiger partial charge in [0.05, 0.1) is 4.92 Å². The number of nitro benzene ring substituents is 1. The second-order valence-corrected chi connectivity index (χ2v) is 6.16. The molecule has 0 unspecified atom stereocenters. The zero-order valence-electron chi connectivity index (χ0n) is 16.0. The zero-order chi connectivity index (χ0) is 20.4. The highest BCUT2D eigenvalue weighted by Crippen LogP contribution is 2.25. The molecule has 0 saturated carbocycles. The second kappa shape index (κ2) is 11.1. The Kier molecular flexibility index (Phi) is 9.23. The molecular formula is C21H26ClN3O2. The monoisotopic (exact) mass is 387 g/mol. The lowest BCUT2D eigenvalue weighted by atomic mass is 10.1. The summed E-state index contributed by atoms with van der Waals surface area (Å²) in [6.07, 6.45) is 4.62. The number of nitrogens with two attached hydrogens (primary N) is 1. The van der Waals surface area contributed by atoms with Crippen molar-refractivity contribution < 1.29 is 4.92 Å². The molecule has 27 heavy (non-hydrogen) atoms. The van der Waals surface area contributed by atoms with Gasteiger partial charge in [0.15, 0.2) is 0 Å². The maximum Gasteiger partial charge on any atom is 0.269 e.